The fourth-order valence-corrected chi connectivity index (χ4v) is 4.12. The third-order valence-electron chi connectivity index (χ3n) is 6.15. The number of aliphatic imine (C=N–C) groups is 1. The normalized spacial score (nSPS) is 13.3. The van der Waals surface area contributed by atoms with Crippen molar-refractivity contribution in [1.82, 2.24) is 14.9 Å². The second kappa shape index (κ2) is 17.9. The summed E-state index contributed by atoms with van der Waals surface area (Å²) in [6, 6.07) is 12.2. The Morgan fingerprint density at radius 1 is 1.21 bits per heavy atom. The van der Waals surface area contributed by atoms with E-state index in [2.05, 4.69) is 43.1 Å². The summed E-state index contributed by atoms with van der Waals surface area (Å²) >= 11 is 0. The summed E-state index contributed by atoms with van der Waals surface area (Å²) in [6.07, 6.45) is 8.81. The van der Waals surface area contributed by atoms with Crippen molar-refractivity contribution >= 4 is 29.4 Å². The van der Waals surface area contributed by atoms with Crippen LogP contribution in [0.5, 0.6) is 0 Å². The van der Waals surface area contributed by atoms with Crippen LogP contribution < -0.4 is 21.3 Å². The van der Waals surface area contributed by atoms with E-state index in [4.69, 9.17) is 11.5 Å². The van der Waals surface area contributed by atoms with Gasteiger partial charge < -0.3 is 31.9 Å². The zero-order valence-corrected chi connectivity index (χ0v) is 26.8. The monoisotopic (exact) mass is 745 g/mol. The Labute approximate surface area is 261 Å². The molecular formula is C30H37F2N9W. The molecule has 12 heteroatoms. The average molecular weight is 746 g/mol. The molecule has 0 radical (unpaired) electrons. The van der Waals surface area contributed by atoms with Gasteiger partial charge in [0.05, 0.1) is 17.9 Å². The van der Waals surface area contributed by atoms with Gasteiger partial charge >= 0.3 is 21.1 Å². The van der Waals surface area contributed by atoms with Crippen molar-refractivity contribution in [3.63, 3.8) is 0 Å². The molecule has 1 saturated heterocycles. The summed E-state index contributed by atoms with van der Waals surface area (Å²) < 4.78 is 29.7. The van der Waals surface area contributed by atoms with Gasteiger partial charge in [-0.1, -0.05) is 6.07 Å². The van der Waals surface area contributed by atoms with E-state index in [1.807, 2.05) is 25.1 Å². The predicted molar refractivity (Wildman–Crippen MR) is 164 cm³/mol. The van der Waals surface area contributed by atoms with Crippen molar-refractivity contribution in [3.8, 4) is 11.1 Å². The largest absolute Gasteiger partial charge is 2.00 e. The number of nitrogens with two attached hydrogens (primary N) is 1. The molecule has 0 bridgehead atoms. The third kappa shape index (κ3) is 10.2. The Bertz CT molecular complexity index is 1340. The molecule has 0 saturated carbocycles. The molecule has 2 aromatic carbocycles. The molecule has 2 heterocycles. The molecule has 1 aliphatic rings. The first-order valence-corrected chi connectivity index (χ1v) is 13.3. The first-order valence-electron chi connectivity index (χ1n) is 13.3. The van der Waals surface area contributed by atoms with E-state index in [0.29, 0.717) is 34.9 Å². The minimum atomic E-state index is -0.468. The molecule has 0 amide bonds. The van der Waals surface area contributed by atoms with Gasteiger partial charge in [-0.15, -0.1) is 12.6 Å². The summed E-state index contributed by atoms with van der Waals surface area (Å²) in [7, 11) is 3.94. The molecule has 9 nitrogen and oxygen atoms in total. The molecule has 0 unspecified atom stereocenters. The van der Waals surface area contributed by atoms with E-state index < -0.39 is 5.82 Å². The van der Waals surface area contributed by atoms with Gasteiger partial charge in [0.2, 0.25) is 5.95 Å². The Kier molecular flexibility index (Phi) is 14.6. The van der Waals surface area contributed by atoms with E-state index in [-0.39, 0.29) is 38.5 Å². The minimum Gasteiger partial charge on any atom is -0.705 e. The number of rotatable bonds is 10. The van der Waals surface area contributed by atoms with Crippen LogP contribution >= 0.6 is 0 Å². The summed E-state index contributed by atoms with van der Waals surface area (Å²) in [5.74, 6) is -0.270. The van der Waals surface area contributed by atoms with Crippen LogP contribution in [0.4, 0.5) is 31.9 Å². The number of anilines is 4. The second-order valence-corrected chi connectivity index (χ2v) is 9.49. The van der Waals surface area contributed by atoms with Crippen molar-refractivity contribution in [2.45, 2.75) is 19.3 Å². The minimum absolute atomic E-state index is 0. The van der Waals surface area contributed by atoms with Crippen molar-refractivity contribution in [3.05, 3.63) is 90.7 Å². The molecule has 0 atom stereocenters. The van der Waals surface area contributed by atoms with Crippen molar-refractivity contribution in [2.24, 2.45) is 10.7 Å². The summed E-state index contributed by atoms with van der Waals surface area (Å²) in [4.78, 5) is 17.4. The smallest absolute Gasteiger partial charge is 0.705 e. The molecule has 4 rings (SSSR count). The molecule has 1 aliphatic heterocycles. The molecule has 0 aliphatic carbocycles. The van der Waals surface area contributed by atoms with Crippen LogP contribution in [0.25, 0.3) is 16.9 Å². The predicted octanol–water partition coefficient (Wildman–Crippen LogP) is 5.98. The zero-order chi connectivity index (χ0) is 29.6. The van der Waals surface area contributed by atoms with Crippen LogP contribution in [0.2, 0.25) is 0 Å². The van der Waals surface area contributed by atoms with E-state index in [1.54, 1.807) is 18.5 Å². The van der Waals surface area contributed by atoms with Gasteiger partial charge in [-0.2, -0.15) is 29.4 Å². The van der Waals surface area contributed by atoms with E-state index >= 15 is 4.39 Å². The fourth-order valence-electron chi connectivity index (χ4n) is 4.12. The van der Waals surface area contributed by atoms with E-state index in [9.17, 15) is 4.39 Å². The van der Waals surface area contributed by atoms with Gasteiger partial charge in [0, 0.05) is 49.6 Å². The van der Waals surface area contributed by atoms with Crippen molar-refractivity contribution in [2.75, 3.05) is 55.8 Å². The van der Waals surface area contributed by atoms with Crippen LogP contribution in [0.1, 0.15) is 19.3 Å². The zero-order valence-electron chi connectivity index (χ0n) is 23.9. The maximum atomic E-state index is 15.2. The molecule has 1 fully saturated rings. The van der Waals surface area contributed by atoms with Crippen molar-refractivity contribution in [1.29, 1.82) is 0 Å². The number of nitrogens with one attached hydrogen (secondary N) is 3. The number of allylic oxidation sites excluding steroid dienone is 1. The number of likely N-dealkylation sites (N-methyl/N-ethyl adjacent to an activating group) is 1. The maximum Gasteiger partial charge on any atom is 2.00 e. The number of benzene rings is 2. The fraction of sp³-hybridized carbons (Fsp3) is 0.300. The van der Waals surface area contributed by atoms with Gasteiger partial charge in [0.15, 0.2) is 0 Å². The summed E-state index contributed by atoms with van der Waals surface area (Å²) in [5.41, 5.74) is 14.1. The Balaban J connectivity index is 0.00000148. The average Bonchev–Trinajstić information content (AvgIpc) is 2.97. The molecule has 3 aromatic rings. The number of halogens is 2. The maximum absolute atomic E-state index is 15.2. The van der Waals surface area contributed by atoms with Crippen LogP contribution in [0, 0.1) is 17.7 Å². The molecule has 42 heavy (non-hydrogen) atoms. The number of hydrogen-bond donors (Lipinski definition) is 3. The number of piperidine rings is 1. The van der Waals surface area contributed by atoms with Crippen LogP contribution in [-0.4, -0.2) is 61.4 Å². The number of nitrogens with zero attached hydrogens (tertiary/aromatic N) is 5. The van der Waals surface area contributed by atoms with Gasteiger partial charge in [-0.05, 0) is 56.7 Å². The Morgan fingerprint density at radius 3 is 2.60 bits per heavy atom. The quantitative estimate of drug-likeness (QED) is 0.173. The summed E-state index contributed by atoms with van der Waals surface area (Å²) in [5, 5.41) is 6.04. The second-order valence-electron chi connectivity index (χ2n) is 9.49. The first kappa shape index (κ1) is 34.4. The first-order chi connectivity index (χ1) is 19.9. The van der Waals surface area contributed by atoms with Crippen molar-refractivity contribution < 1.29 is 29.8 Å². The Morgan fingerprint density at radius 2 is 1.95 bits per heavy atom. The number of hydrogen-bond acceptors (Lipinski definition) is 8. The van der Waals surface area contributed by atoms with Gasteiger partial charge in [-0.3, -0.25) is 4.99 Å². The Hall–Kier alpha value is -3.82. The molecular weight excluding hydrogens is 708 g/mol. The van der Waals surface area contributed by atoms with Crippen LogP contribution in [0.15, 0.2) is 72.3 Å². The molecule has 1 aromatic heterocycles. The standard InChI is InChI=1S/C28H33F2N8.C2H4N.W/c1-37(2)15-12-32-18-21(17-31)34-28-33-19-22(27(36-28)35-25-9-5-4-8-23(25)29)20-10-11-26(24(30)16-20)38-13-6-3-7-14-38;1-2-3;/h4,8-11,16-19H,3,6-7,12-15,31H2,1-2H3,(H2,33,34,35,36);2-3H,1H2;/q2*-1;+2/b21-17+,32-18?;;. The van der Waals surface area contributed by atoms with E-state index in [0.717, 1.165) is 38.7 Å². The number of aromatic nitrogens is 2. The third-order valence-corrected chi connectivity index (χ3v) is 6.15. The van der Waals surface area contributed by atoms with Gasteiger partial charge in [-0.25, -0.2) is 13.8 Å². The molecule has 5 N–H and O–H groups in total. The van der Waals surface area contributed by atoms with Gasteiger partial charge in [0.25, 0.3) is 0 Å². The van der Waals surface area contributed by atoms with E-state index in [1.165, 1.54) is 36.9 Å². The SMILES string of the molecule is C=C[NH-].CN(C)CCN=C/C(=C\N)Nc1ncc(-c2ccc(N3CCCCC3)c(F)c2)c(Nc2c[c-]ccc2F)n1.[W+2]. The molecule has 0 spiro atoms. The summed E-state index contributed by atoms with van der Waals surface area (Å²) in [6.45, 7) is 6.10. The van der Waals surface area contributed by atoms with Gasteiger partial charge in [0.1, 0.15) is 11.6 Å². The van der Waals surface area contributed by atoms with Crippen LogP contribution in [-0.2, 0) is 21.1 Å². The topological polar surface area (TPSA) is 118 Å². The van der Waals surface area contributed by atoms with Crippen LogP contribution in [0.3, 0.4) is 0 Å². The molecule has 222 valence electrons.